The van der Waals surface area contributed by atoms with Gasteiger partial charge in [-0.2, -0.15) is 5.10 Å². The van der Waals surface area contributed by atoms with Crippen LogP contribution in [0.3, 0.4) is 0 Å². The molecule has 2 heterocycles. The molecule has 4 heteroatoms. The highest BCUT2D eigenvalue weighted by Crippen LogP contribution is 2.27. The number of hydrogen-bond donors (Lipinski definition) is 1. The topological polar surface area (TPSA) is 47.3 Å². The fraction of sp³-hybridized carbons (Fsp3) is 0.812. The summed E-state index contributed by atoms with van der Waals surface area (Å²) in [6.45, 7) is 0.855. The zero-order valence-corrected chi connectivity index (χ0v) is 12.2. The molecule has 4 nitrogen and oxygen atoms in total. The van der Waals surface area contributed by atoms with E-state index in [-0.39, 0.29) is 12.2 Å². The van der Waals surface area contributed by atoms with Crippen LogP contribution in [0, 0.1) is 0 Å². The van der Waals surface area contributed by atoms with Crippen molar-refractivity contribution in [3.05, 3.63) is 18.0 Å². The Hall–Kier alpha value is -0.870. The number of aliphatic hydroxyl groups excluding tert-OH is 1. The second-order valence-electron chi connectivity index (χ2n) is 6.31. The van der Waals surface area contributed by atoms with Crippen LogP contribution in [-0.2, 0) is 11.2 Å². The molecule has 0 aromatic carbocycles. The van der Waals surface area contributed by atoms with Crippen molar-refractivity contribution in [2.24, 2.45) is 0 Å². The lowest BCUT2D eigenvalue weighted by Gasteiger charge is -2.21. The first-order valence-electron chi connectivity index (χ1n) is 8.15. The predicted octanol–water partition coefficient (Wildman–Crippen LogP) is 2.86. The number of aromatic nitrogens is 2. The molecule has 0 radical (unpaired) electrons. The molecule has 1 N–H and O–H groups in total. The van der Waals surface area contributed by atoms with E-state index in [9.17, 15) is 5.11 Å². The maximum absolute atomic E-state index is 10.2. The fourth-order valence-corrected chi connectivity index (χ4v) is 3.49. The fourth-order valence-electron chi connectivity index (χ4n) is 3.49. The van der Waals surface area contributed by atoms with Gasteiger partial charge in [-0.3, -0.25) is 4.68 Å². The molecular formula is C16H26N2O2. The summed E-state index contributed by atoms with van der Waals surface area (Å²) >= 11 is 0. The Bertz CT molecular complexity index is 406. The number of aliphatic hydroxyl groups is 1. The molecule has 0 spiro atoms. The molecule has 1 aliphatic carbocycles. The van der Waals surface area contributed by atoms with Gasteiger partial charge in [0.05, 0.1) is 23.9 Å². The van der Waals surface area contributed by atoms with Gasteiger partial charge in [-0.05, 0) is 38.2 Å². The quantitative estimate of drug-likeness (QED) is 0.901. The van der Waals surface area contributed by atoms with E-state index in [1.807, 2.05) is 0 Å². The Labute approximate surface area is 121 Å². The highest BCUT2D eigenvalue weighted by atomic mass is 16.5. The zero-order chi connectivity index (χ0) is 13.8. The third-order valence-corrected chi connectivity index (χ3v) is 4.62. The predicted molar refractivity (Wildman–Crippen MR) is 77.7 cm³/mol. The van der Waals surface area contributed by atoms with Gasteiger partial charge in [-0.25, -0.2) is 0 Å². The molecule has 2 atom stereocenters. The van der Waals surface area contributed by atoms with E-state index < -0.39 is 0 Å². The molecule has 2 aliphatic rings. The molecule has 112 valence electrons. The van der Waals surface area contributed by atoms with Crippen molar-refractivity contribution in [2.75, 3.05) is 6.61 Å². The SMILES string of the molecule is OC(Cc1ccn(C2CCCCC2)n1)CC1CCCO1. The summed E-state index contributed by atoms with van der Waals surface area (Å²) in [6.07, 6.45) is 12.1. The highest BCUT2D eigenvalue weighted by molar-refractivity contribution is 5.02. The minimum Gasteiger partial charge on any atom is -0.393 e. The molecule has 1 saturated heterocycles. The van der Waals surface area contributed by atoms with Crippen molar-refractivity contribution in [2.45, 2.75) is 76.0 Å². The first kappa shape index (κ1) is 14.1. The minimum atomic E-state index is -0.326. The Morgan fingerprint density at radius 3 is 2.85 bits per heavy atom. The summed E-state index contributed by atoms with van der Waals surface area (Å²) in [5.74, 6) is 0. The molecule has 2 unspecified atom stereocenters. The van der Waals surface area contributed by atoms with Crippen molar-refractivity contribution in [3.8, 4) is 0 Å². The van der Waals surface area contributed by atoms with Crippen LogP contribution < -0.4 is 0 Å². The second kappa shape index (κ2) is 6.72. The lowest BCUT2D eigenvalue weighted by atomic mass is 9.96. The van der Waals surface area contributed by atoms with E-state index in [0.29, 0.717) is 12.5 Å². The lowest BCUT2D eigenvalue weighted by molar-refractivity contribution is 0.0536. The molecule has 1 saturated carbocycles. The second-order valence-corrected chi connectivity index (χ2v) is 6.31. The highest BCUT2D eigenvalue weighted by Gasteiger charge is 2.21. The Morgan fingerprint density at radius 1 is 1.25 bits per heavy atom. The molecule has 1 aliphatic heterocycles. The Balaban J connectivity index is 1.50. The summed E-state index contributed by atoms with van der Waals surface area (Å²) in [6, 6.07) is 2.64. The summed E-state index contributed by atoms with van der Waals surface area (Å²) in [5.41, 5.74) is 1.01. The van der Waals surface area contributed by atoms with Gasteiger partial charge in [0.15, 0.2) is 0 Å². The van der Waals surface area contributed by atoms with Crippen LogP contribution in [0.15, 0.2) is 12.3 Å². The average molecular weight is 278 g/mol. The maximum Gasteiger partial charge on any atom is 0.0650 e. The van der Waals surface area contributed by atoms with E-state index in [2.05, 4.69) is 22.0 Å². The van der Waals surface area contributed by atoms with Crippen molar-refractivity contribution >= 4 is 0 Å². The third kappa shape index (κ3) is 3.61. The summed E-state index contributed by atoms with van der Waals surface area (Å²) < 4.78 is 7.69. The Morgan fingerprint density at radius 2 is 2.10 bits per heavy atom. The minimum absolute atomic E-state index is 0.255. The first-order chi connectivity index (χ1) is 9.81. The Kier molecular flexibility index (Phi) is 4.73. The molecule has 0 bridgehead atoms. The monoisotopic (exact) mass is 278 g/mol. The number of rotatable bonds is 5. The van der Waals surface area contributed by atoms with Gasteiger partial charge in [0, 0.05) is 19.2 Å². The van der Waals surface area contributed by atoms with Gasteiger partial charge in [-0.1, -0.05) is 19.3 Å². The summed E-state index contributed by atoms with van der Waals surface area (Å²) in [4.78, 5) is 0. The van der Waals surface area contributed by atoms with E-state index >= 15 is 0 Å². The average Bonchev–Trinajstić information content (AvgIpc) is 3.11. The van der Waals surface area contributed by atoms with Gasteiger partial charge in [-0.15, -0.1) is 0 Å². The molecule has 0 amide bonds. The molecule has 3 rings (SSSR count). The third-order valence-electron chi connectivity index (χ3n) is 4.62. The van der Waals surface area contributed by atoms with Gasteiger partial charge in [0.1, 0.15) is 0 Å². The first-order valence-corrected chi connectivity index (χ1v) is 8.15. The standard InChI is InChI=1S/C16H26N2O2/c19-15(12-16-7-4-10-20-16)11-13-8-9-18(17-13)14-5-2-1-3-6-14/h8-9,14-16,19H,1-7,10-12H2. The summed E-state index contributed by atoms with van der Waals surface area (Å²) in [7, 11) is 0. The maximum atomic E-state index is 10.2. The van der Waals surface area contributed by atoms with E-state index in [1.165, 1.54) is 32.1 Å². The van der Waals surface area contributed by atoms with E-state index in [0.717, 1.165) is 31.6 Å². The largest absolute Gasteiger partial charge is 0.393 e. The molecule has 2 fully saturated rings. The van der Waals surface area contributed by atoms with E-state index in [1.54, 1.807) is 0 Å². The number of ether oxygens (including phenoxy) is 1. The van der Waals surface area contributed by atoms with Crippen LogP contribution in [-0.4, -0.2) is 33.7 Å². The lowest BCUT2D eigenvalue weighted by Crippen LogP contribution is -2.20. The van der Waals surface area contributed by atoms with Crippen LogP contribution in [0.25, 0.3) is 0 Å². The van der Waals surface area contributed by atoms with Crippen LogP contribution in [0.1, 0.15) is 63.1 Å². The van der Waals surface area contributed by atoms with Gasteiger partial charge in [0.25, 0.3) is 0 Å². The smallest absolute Gasteiger partial charge is 0.0650 e. The van der Waals surface area contributed by atoms with Crippen molar-refractivity contribution in [3.63, 3.8) is 0 Å². The van der Waals surface area contributed by atoms with Crippen LogP contribution in [0.2, 0.25) is 0 Å². The summed E-state index contributed by atoms with van der Waals surface area (Å²) in [5, 5.41) is 14.8. The normalized spacial score (nSPS) is 25.9. The molecule has 1 aromatic heterocycles. The van der Waals surface area contributed by atoms with Crippen LogP contribution in [0.4, 0.5) is 0 Å². The van der Waals surface area contributed by atoms with E-state index in [4.69, 9.17) is 4.74 Å². The van der Waals surface area contributed by atoms with Crippen molar-refractivity contribution in [1.29, 1.82) is 0 Å². The number of hydrogen-bond acceptors (Lipinski definition) is 3. The van der Waals surface area contributed by atoms with Gasteiger partial charge >= 0.3 is 0 Å². The van der Waals surface area contributed by atoms with Crippen molar-refractivity contribution in [1.82, 2.24) is 9.78 Å². The molecule has 20 heavy (non-hydrogen) atoms. The zero-order valence-electron chi connectivity index (χ0n) is 12.2. The van der Waals surface area contributed by atoms with Gasteiger partial charge in [0.2, 0.25) is 0 Å². The van der Waals surface area contributed by atoms with Crippen LogP contribution >= 0.6 is 0 Å². The molecular weight excluding hydrogens is 252 g/mol. The van der Waals surface area contributed by atoms with Crippen LogP contribution in [0.5, 0.6) is 0 Å². The van der Waals surface area contributed by atoms with Gasteiger partial charge < -0.3 is 9.84 Å². The van der Waals surface area contributed by atoms with Crippen molar-refractivity contribution < 1.29 is 9.84 Å². The number of nitrogens with zero attached hydrogens (tertiary/aromatic N) is 2. The molecule has 1 aromatic rings.